The maximum atomic E-state index is 8.79. The molecule has 2 heteroatoms. The summed E-state index contributed by atoms with van der Waals surface area (Å²) >= 11 is 3.46. The van der Waals surface area contributed by atoms with Gasteiger partial charge in [-0.2, -0.15) is 5.26 Å². The second-order valence-corrected chi connectivity index (χ2v) is 5.03. The number of benzene rings is 1. The van der Waals surface area contributed by atoms with Gasteiger partial charge in [0, 0.05) is 4.48 Å². The zero-order valence-electron chi connectivity index (χ0n) is 10.9. The van der Waals surface area contributed by atoms with Crippen LogP contribution in [0.2, 0.25) is 0 Å². The molecule has 0 heterocycles. The molecule has 0 saturated carbocycles. The van der Waals surface area contributed by atoms with E-state index in [1.54, 1.807) is 0 Å². The molecule has 0 N–H and O–H groups in total. The first-order chi connectivity index (χ1) is 8.58. The molecule has 0 fully saturated rings. The molecule has 0 aromatic heterocycles. The van der Waals surface area contributed by atoms with Gasteiger partial charge >= 0.3 is 0 Å². The van der Waals surface area contributed by atoms with Crippen LogP contribution in [0.25, 0.3) is 5.57 Å². The molecule has 0 aliphatic carbocycles. The fraction of sp³-hybridized carbons (Fsp3) is 0.188. The Bertz CT molecular complexity index is 535. The van der Waals surface area contributed by atoms with Crippen LogP contribution < -0.4 is 0 Å². The van der Waals surface area contributed by atoms with E-state index in [0.29, 0.717) is 5.56 Å². The van der Waals surface area contributed by atoms with Crippen molar-refractivity contribution < 1.29 is 0 Å². The molecule has 0 atom stereocenters. The summed E-state index contributed by atoms with van der Waals surface area (Å²) in [6.07, 6.45) is 6.11. The van der Waals surface area contributed by atoms with Gasteiger partial charge in [-0.3, -0.25) is 0 Å². The smallest absolute Gasteiger partial charge is 0.0991 e. The Balaban J connectivity index is 3.11. The number of hydrogen-bond donors (Lipinski definition) is 0. The SMILES string of the molecule is C/C=C(Br)\C=C/C(=C(C)C)c1ccc(C#N)cc1. The Kier molecular flexibility index (Phi) is 5.61. The van der Waals surface area contributed by atoms with Gasteiger partial charge in [0.25, 0.3) is 0 Å². The van der Waals surface area contributed by atoms with E-state index in [1.165, 1.54) is 11.1 Å². The normalized spacial score (nSPS) is 11.4. The summed E-state index contributed by atoms with van der Waals surface area (Å²) in [4.78, 5) is 0. The van der Waals surface area contributed by atoms with E-state index in [1.807, 2.05) is 43.3 Å². The van der Waals surface area contributed by atoms with Crippen LogP contribution in [0.15, 0.2) is 52.5 Å². The van der Waals surface area contributed by atoms with E-state index in [9.17, 15) is 0 Å². The van der Waals surface area contributed by atoms with Crippen molar-refractivity contribution in [3.63, 3.8) is 0 Å². The molecule has 1 aromatic rings. The van der Waals surface area contributed by atoms with Crippen LogP contribution in [0, 0.1) is 11.3 Å². The van der Waals surface area contributed by atoms with Crippen LogP contribution in [0.5, 0.6) is 0 Å². The monoisotopic (exact) mass is 301 g/mol. The van der Waals surface area contributed by atoms with E-state index in [-0.39, 0.29) is 0 Å². The number of rotatable bonds is 3. The summed E-state index contributed by atoms with van der Waals surface area (Å²) in [6.45, 7) is 6.15. The van der Waals surface area contributed by atoms with E-state index in [2.05, 4.69) is 41.9 Å². The first-order valence-electron chi connectivity index (χ1n) is 5.76. The number of halogens is 1. The average molecular weight is 302 g/mol. The van der Waals surface area contributed by atoms with Crippen molar-refractivity contribution in [1.82, 2.24) is 0 Å². The van der Waals surface area contributed by atoms with Crippen molar-refractivity contribution in [3.05, 3.63) is 63.7 Å². The zero-order valence-corrected chi connectivity index (χ0v) is 12.5. The Morgan fingerprint density at radius 3 is 2.22 bits per heavy atom. The molecule has 0 radical (unpaired) electrons. The summed E-state index contributed by atoms with van der Waals surface area (Å²) < 4.78 is 1.05. The van der Waals surface area contributed by atoms with Gasteiger partial charge in [0.05, 0.1) is 11.6 Å². The molecule has 0 unspecified atom stereocenters. The highest BCUT2D eigenvalue weighted by Crippen LogP contribution is 2.22. The van der Waals surface area contributed by atoms with Gasteiger partial charge in [-0.1, -0.05) is 45.8 Å². The molecule has 0 aliphatic heterocycles. The molecular formula is C16H16BrN. The van der Waals surface area contributed by atoms with Crippen LogP contribution in [-0.4, -0.2) is 0 Å². The van der Waals surface area contributed by atoms with Crippen molar-refractivity contribution in [1.29, 1.82) is 5.26 Å². The van der Waals surface area contributed by atoms with Crippen molar-refractivity contribution in [2.24, 2.45) is 0 Å². The van der Waals surface area contributed by atoms with Crippen molar-refractivity contribution >= 4 is 21.5 Å². The molecule has 0 bridgehead atoms. The van der Waals surface area contributed by atoms with E-state index in [0.717, 1.165) is 10.0 Å². The fourth-order valence-electron chi connectivity index (χ4n) is 1.54. The van der Waals surface area contributed by atoms with E-state index < -0.39 is 0 Å². The lowest BCUT2D eigenvalue weighted by Gasteiger charge is -2.05. The summed E-state index contributed by atoms with van der Waals surface area (Å²) in [5, 5.41) is 8.79. The third kappa shape index (κ3) is 4.01. The topological polar surface area (TPSA) is 23.8 Å². The lowest BCUT2D eigenvalue weighted by molar-refractivity contribution is 1.39. The minimum absolute atomic E-state index is 0.686. The average Bonchev–Trinajstić information content (AvgIpc) is 2.39. The molecule has 92 valence electrons. The molecule has 0 aliphatic rings. The Morgan fingerprint density at radius 1 is 1.17 bits per heavy atom. The third-order valence-electron chi connectivity index (χ3n) is 2.55. The zero-order chi connectivity index (χ0) is 13.5. The summed E-state index contributed by atoms with van der Waals surface area (Å²) in [5.74, 6) is 0. The second-order valence-electron chi connectivity index (χ2n) is 4.11. The molecular weight excluding hydrogens is 286 g/mol. The summed E-state index contributed by atoms with van der Waals surface area (Å²) in [6, 6.07) is 9.78. The van der Waals surface area contributed by atoms with Crippen LogP contribution in [0.1, 0.15) is 31.9 Å². The third-order valence-corrected chi connectivity index (χ3v) is 3.27. The van der Waals surface area contributed by atoms with Crippen LogP contribution in [-0.2, 0) is 0 Å². The highest BCUT2D eigenvalue weighted by molar-refractivity contribution is 9.11. The van der Waals surface area contributed by atoms with E-state index in [4.69, 9.17) is 5.26 Å². The van der Waals surface area contributed by atoms with Crippen LogP contribution in [0.3, 0.4) is 0 Å². The molecule has 0 saturated heterocycles. The van der Waals surface area contributed by atoms with Crippen molar-refractivity contribution in [2.45, 2.75) is 20.8 Å². The van der Waals surface area contributed by atoms with Crippen molar-refractivity contribution in [2.75, 3.05) is 0 Å². The van der Waals surface area contributed by atoms with Crippen LogP contribution in [0.4, 0.5) is 0 Å². The molecule has 1 aromatic carbocycles. The number of nitriles is 1. The van der Waals surface area contributed by atoms with E-state index >= 15 is 0 Å². The first-order valence-corrected chi connectivity index (χ1v) is 6.55. The fourth-order valence-corrected chi connectivity index (χ4v) is 1.67. The predicted octanol–water partition coefficient (Wildman–Crippen LogP) is 5.21. The van der Waals surface area contributed by atoms with Gasteiger partial charge in [0.2, 0.25) is 0 Å². The standard InChI is InChI=1S/C16H16BrN/c1-4-15(17)9-10-16(12(2)3)14-7-5-13(11-18)6-8-14/h4-10H,1-3H3/b10-9-,15-4+. The maximum absolute atomic E-state index is 8.79. The van der Waals surface area contributed by atoms with Gasteiger partial charge in [-0.15, -0.1) is 0 Å². The highest BCUT2D eigenvalue weighted by atomic mass is 79.9. The number of allylic oxidation sites excluding steroid dienone is 6. The van der Waals surface area contributed by atoms with Gasteiger partial charge in [-0.05, 0) is 50.1 Å². The van der Waals surface area contributed by atoms with Gasteiger partial charge in [0.1, 0.15) is 0 Å². The molecule has 18 heavy (non-hydrogen) atoms. The second kappa shape index (κ2) is 6.98. The minimum atomic E-state index is 0.686. The molecule has 0 spiro atoms. The molecule has 0 amide bonds. The number of hydrogen-bond acceptors (Lipinski definition) is 1. The molecule has 1 rings (SSSR count). The largest absolute Gasteiger partial charge is 0.192 e. The highest BCUT2D eigenvalue weighted by Gasteiger charge is 2.00. The summed E-state index contributed by atoms with van der Waals surface area (Å²) in [7, 11) is 0. The lowest BCUT2D eigenvalue weighted by Crippen LogP contribution is -1.85. The van der Waals surface area contributed by atoms with Gasteiger partial charge < -0.3 is 0 Å². The van der Waals surface area contributed by atoms with Gasteiger partial charge in [0.15, 0.2) is 0 Å². The Hall–Kier alpha value is -1.59. The quantitative estimate of drug-likeness (QED) is 0.703. The first kappa shape index (κ1) is 14.5. The molecule has 1 nitrogen and oxygen atoms in total. The minimum Gasteiger partial charge on any atom is -0.192 e. The Morgan fingerprint density at radius 2 is 1.78 bits per heavy atom. The van der Waals surface area contributed by atoms with Crippen molar-refractivity contribution in [3.8, 4) is 6.07 Å². The predicted molar refractivity (Wildman–Crippen MR) is 81.2 cm³/mol. The lowest BCUT2D eigenvalue weighted by atomic mass is 10.00. The Labute approximate surface area is 117 Å². The van der Waals surface area contributed by atoms with Crippen LogP contribution >= 0.6 is 15.9 Å². The van der Waals surface area contributed by atoms with Gasteiger partial charge in [-0.25, -0.2) is 0 Å². The summed E-state index contributed by atoms with van der Waals surface area (Å²) in [5.41, 5.74) is 4.23. The maximum Gasteiger partial charge on any atom is 0.0991 e. The number of nitrogens with zero attached hydrogens (tertiary/aromatic N) is 1.